The summed E-state index contributed by atoms with van der Waals surface area (Å²) in [6.07, 6.45) is 5.52. The molecule has 24 heavy (non-hydrogen) atoms. The molecule has 1 unspecified atom stereocenters. The first-order chi connectivity index (χ1) is 11.4. The van der Waals surface area contributed by atoms with E-state index in [9.17, 15) is 5.11 Å². The number of hydrogen-bond donors (Lipinski definition) is 1. The second-order valence-electron chi connectivity index (χ2n) is 6.25. The van der Waals surface area contributed by atoms with E-state index in [1.807, 2.05) is 32.9 Å². The summed E-state index contributed by atoms with van der Waals surface area (Å²) in [4.78, 5) is 9.15. The van der Waals surface area contributed by atoms with Crippen LogP contribution in [0, 0.1) is 5.41 Å². The van der Waals surface area contributed by atoms with E-state index in [-0.39, 0.29) is 6.54 Å². The fourth-order valence-electron chi connectivity index (χ4n) is 2.36. The number of oxime groups is 1. The molecule has 0 spiro atoms. The largest absolute Gasteiger partial charge is 0.396 e. The molecule has 130 valence electrons. The minimum atomic E-state index is -1.27. The van der Waals surface area contributed by atoms with E-state index >= 15 is 0 Å². The van der Waals surface area contributed by atoms with E-state index in [1.165, 1.54) is 6.33 Å². The second kappa shape index (κ2) is 7.77. The van der Waals surface area contributed by atoms with Crippen LogP contribution in [0.25, 0.3) is 0 Å². The molecule has 1 N–H and O–H groups in total. The summed E-state index contributed by atoms with van der Waals surface area (Å²) in [7, 11) is 0. The van der Waals surface area contributed by atoms with Crippen LogP contribution < -0.4 is 0 Å². The van der Waals surface area contributed by atoms with Gasteiger partial charge in [-0.3, -0.25) is 0 Å². The van der Waals surface area contributed by atoms with Crippen molar-refractivity contribution < 1.29 is 9.94 Å². The van der Waals surface area contributed by atoms with Gasteiger partial charge in [0.15, 0.2) is 0 Å². The summed E-state index contributed by atoms with van der Waals surface area (Å²) in [5.41, 5.74) is -1.28. The Morgan fingerprint density at radius 2 is 2.04 bits per heavy atom. The molecule has 0 saturated heterocycles. The average Bonchev–Trinajstić information content (AvgIpc) is 3.05. The van der Waals surface area contributed by atoms with Gasteiger partial charge in [-0.25, -0.2) is 9.67 Å². The Balaban J connectivity index is 2.37. The molecule has 0 aliphatic rings. The normalized spacial score (nSPS) is 14.7. The third kappa shape index (κ3) is 4.13. The van der Waals surface area contributed by atoms with Crippen molar-refractivity contribution in [2.75, 3.05) is 6.61 Å². The zero-order valence-corrected chi connectivity index (χ0v) is 14.9. The molecule has 6 nitrogen and oxygen atoms in total. The first kappa shape index (κ1) is 18.4. The van der Waals surface area contributed by atoms with E-state index in [0.29, 0.717) is 17.2 Å². The van der Waals surface area contributed by atoms with Gasteiger partial charge < -0.3 is 9.94 Å². The maximum absolute atomic E-state index is 11.6. The molecule has 0 fully saturated rings. The number of aromatic nitrogens is 3. The topological polar surface area (TPSA) is 72.5 Å². The zero-order chi connectivity index (χ0) is 17.6. The predicted molar refractivity (Wildman–Crippen MR) is 93.9 cm³/mol. The van der Waals surface area contributed by atoms with Gasteiger partial charge in [0.1, 0.15) is 24.9 Å². The maximum atomic E-state index is 11.6. The molecule has 2 rings (SSSR count). The van der Waals surface area contributed by atoms with Crippen LogP contribution in [0.1, 0.15) is 32.8 Å². The Kier molecular flexibility index (Phi) is 5.96. The van der Waals surface area contributed by atoms with Gasteiger partial charge >= 0.3 is 0 Å². The van der Waals surface area contributed by atoms with Crippen molar-refractivity contribution in [2.45, 2.75) is 39.3 Å². The van der Waals surface area contributed by atoms with E-state index < -0.39 is 11.0 Å². The molecule has 0 saturated carbocycles. The van der Waals surface area contributed by atoms with Crippen molar-refractivity contribution in [3.63, 3.8) is 0 Å². The fraction of sp³-hybridized carbons (Fsp3) is 0.471. The number of nitrogens with zero attached hydrogens (tertiary/aromatic N) is 4. The minimum Gasteiger partial charge on any atom is -0.396 e. The van der Waals surface area contributed by atoms with E-state index in [0.717, 1.165) is 6.42 Å². The van der Waals surface area contributed by atoms with Crippen molar-refractivity contribution >= 4 is 17.8 Å². The fourth-order valence-corrected chi connectivity index (χ4v) is 2.49. The number of halogens is 1. The highest BCUT2D eigenvalue weighted by molar-refractivity contribution is 6.30. The van der Waals surface area contributed by atoms with Gasteiger partial charge in [0.25, 0.3) is 0 Å². The molecule has 0 aliphatic carbocycles. The SMILES string of the molecule is CCCON=CC(C)(C)C(O)(Cn1cncn1)c1ccc(Cl)cc1. The molecule has 0 amide bonds. The van der Waals surface area contributed by atoms with Crippen molar-refractivity contribution in [1.29, 1.82) is 0 Å². The van der Waals surface area contributed by atoms with Crippen LogP contribution in [-0.2, 0) is 17.0 Å². The van der Waals surface area contributed by atoms with Gasteiger partial charge in [-0.2, -0.15) is 5.10 Å². The Labute approximate surface area is 147 Å². The Morgan fingerprint density at radius 3 is 2.62 bits per heavy atom. The lowest BCUT2D eigenvalue weighted by atomic mass is 9.71. The lowest BCUT2D eigenvalue weighted by Crippen LogP contribution is -2.46. The molecule has 0 radical (unpaired) electrons. The molecule has 1 atom stereocenters. The van der Waals surface area contributed by atoms with Gasteiger partial charge in [0, 0.05) is 10.4 Å². The molecular weight excluding hydrogens is 328 g/mol. The number of benzene rings is 1. The van der Waals surface area contributed by atoms with E-state index in [4.69, 9.17) is 16.4 Å². The smallest absolute Gasteiger partial charge is 0.137 e. The van der Waals surface area contributed by atoms with Gasteiger partial charge in [-0.05, 0) is 24.1 Å². The first-order valence-electron chi connectivity index (χ1n) is 7.86. The van der Waals surface area contributed by atoms with Crippen LogP contribution >= 0.6 is 11.6 Å². The molecule has 7 heteroatoms. The van der Waals surface area contributed by atoms with Crippen LogP contribution in [0.2, 0.25) is 5.02 Å². The van der Waals surface area contributed by atoms with Crippen molar-refractivity contribution in [3.05, 3.63) is 47.5 Å². The molecule has 0 bridgehead atoms. The highest BCUT2D eigenvalue weighted by atomic mass is 35.5. The summed E-state index contributed by atoms with van der Waals surface area (Å²) >= 11 is 5.98. The maximum Gasteiger partial charge on any atom is 0.137 e. The van der Waals surface area contributed by atoms with Crippen LogP contribution in [0.3, 0.4) is 0 Å². The Morgan fingerprint density at radius 1 is 1.33 bits per heavy atom. The van der Waals surface area contributed by atoms with Crippen molar-refractivity contribution in [2.24, 2.45) is 10.6 Å². The Bertz CT molecular complexity index is 656. The van der Waals surface area contributed by atoms with Crippen LogP contribution in [-0.4, -0.2) is 32.7 Å². The number of rotatable bonds is 8. The summed E-state index contributed by atoms with van der Waals surface area (Å²) in [6.45, 7) is 6.57. The van der Waals surface area contributed by atoms with Crippen LogP contribution in [0.5, 0.6) is 0 Å². The lowest BCUT2D eigenvalue weighted by molar-refractivity contribution is -0.0555. The third-order valence-corrected chi connectivity index (χ3v) is 4.24. The lowest BCUT2D eigenvalue weighted by Gasteiger charge is -2.40. The summed E-state index contributed by atoms with van der Waals surface area (Å²) in [5.74, 6) is 0. The monoisotopic (exact) mass is 350 g/mol. The van der Waals surface area contributed by atoms with Crippen molar-refractivity contribution in [3.8, 4) is 0 Å². The van der Waals surface area contributed by atoms with E-state index in [1.54, 1.807) is 29.4 Å². The average molecular weight is 351 g/mol. The molecular formula is C17H23ClN4O2. The van der Waals surface area contributed by atoms with Crippen LogP contribution in [0.15, 0.2) is 42.1 Å². The molecule has 2 aromatic rings. The predicted octanol–water partition coefficient (Wildman–Crippen LogP) is 3.26. The molecule has 1 heterocycles. The van der Waals surface area contributed by atoms with Crippen molar-refractivity contribution in [1.82, 2.24) is 14.8 Å². The highest BCUT2D eigenvalue weighted by Crippen LogP contribution is 2.40. The second-order valence-corrected chi connectivity index (χ2v) is 6.69. The Hall–Kier alpha value is -1.92. The van der Waals surface area contributed by atoms with Crippen LogP contribution in [0.4, 0.5) is 0 Å². The summed E-state index contributed by atoms with van der Waals surface area (Å²) < 4.78 is 1.59. The third-order valence-electron chi connectivity index (χ3n) is 3.99. The molecule has 0 aliphatic heterocycles. The zero-order valence-electron chi connectivity index (χ0n) is 14.2. The highest BCUT2D eigenvalue weighted by Gasteiger charge is 2.45. The minimum absolute atomic E-state index is 0.224. The quantitative estimate of drug-likeness (QED) is 0.450. The summed E-state index contributed by atoms with van der Waals surface area (Å²) in [5, 5.41) is 20.3. The molecule has 1 aromatic carbocycles. The standard InChI is InChI=1S/C17H23ClN4O2/c1-4-9-24-21-10-16(2,3)17(23,11-22-13-19-12-20-22)14-5-7-15(18)8-6-14/h5-8,10,12-13,23H,4,9,11H2,1-3H3. The van der Waals surface area contributed by atoms with Gasteiger partial charge in [0.05, 0.1) is 12.8 Å². The number of aliphatic hydroxyl groups is 1. The van der Waals surface area contributed by atoms with E-state index in [2.05, 4.69) is 15.2 Å². The molecule has 1 aromatic heterocycles. The summed E-state index contributed by atoms with van der Waals surface area (Å²) in [6, 6.07) is 7.12. The number of hydrogen-bond acceptors (Lipinski definition) is 5. The van der Waals surface area contributed by atoms with Gasteiger partial charge in [0.2, 0.25) is 0 Å². The first-order valence-corrected chi connectivity index (χ1v) is 8.24. The van der Waals surface area contributed by atoms with Gasteiger partial charge in [-0.15, -0.1) is 0 Å². The van der Waals surface area contributed by atoms with Gasteiger partial charge in [-0.1, -0.05) is 49.7 Å².